The fourth-order valence-electron chi connectivity index (χ4n) is 6.44. The van der Waals surface area contributed by atoms with Crippen molar-refractivity contribution in [2.45, 2.75) is 239 Å². The number of allylic oxidation sites excluding steroid dienone is 8. The fourth-order valence-corrected chi connectivity index (χ4v) is 6.44. The summed E-state index contributed by atoms with van der Waals surface area (Å²) in [6, 6.07) is 0. The lowest BCUT2D eigenvalue weighted by Crippen LogP contribution is -2.30. The SMILES string of the molecule is CCCCC/C=C\C/C=C\C/C=C\CCCCC(=O)OC[C@@H](COC(=O)CCCCCCCCCCCCC)OC(=O)CCCCCCC/C=C\CCCCC. The maximum atomic E-state index is 12.7. The molecule has 324 valence electrons. The van der Waals surface area contributed by atoms with Crippen molar-refractivity contribution in [3.63, 3.8) is 0 Å². The van der Waals surface area contributed by atoms with Crippen molar-refractivity contribution in [1.29, 1.82) is 0 Å². The molecule has 0 spiro atoms. The lowest BCUT2D eigenvalue weighted by molar-refractivity contribution is -0.167. The van der Waals surface area contributed by atoms with Gasteiger partial charge in [-0.2, -0.15) is 0 Å². The zero-order chi connectivity index (χ0) is 40.8. The van der Waals surface area contributed by atoms with Gasteiger partial charge in [-0.3, -0.25) is 14.4 Å². The van der Waals surface area contributed by atoms with Gasteiger partial charge in [-0.05, 0) is 83.5 Å². The first-order valence-corrected chi connectivity index (χ1v) is 23.6. The normalized spacial score (nSPS) is 12.4. The molecule has 0 aromatic heterocycles. The molecule has 0 unspecified atom stereocenters. The van der Waals surface area contributed by atoms with Crippen molar-refractivity contribution in [2.24, 2.45) is 0 Å². The van der Waals surface area contributed by atoms with Crippen LogP contribution in [0, 0.1) is 0 Å². The van der Waals surface area contributed by atoms with E-state index < -0.39 is 6.10 Å². The molecule has 0 aliphatic carbocycles. The molecule has 0 aliphatic heterocycles. The Morgan fingerprint density at radius 2 is 0.643 bits per heavy atom. The van der Waals surface area contributed by atoms with E-state index in [2.05, 4.69) is 69.4 Å². The summed E-state index contributed by atoms with van der Waals surface area (Å²) in [7, 11) is 0. The van der Waals surface area contributed by atoms with E-state index in [0.717, 1.165) is 83.5 Å². The van der Waals surface area contributed by atoms with Gasteiger partial charge in [0.2, 0.25) is 0 Å². The molecule has 0 saturated carbocycles. The molecule has 0 amide bonds. The smallest absolute Gasteiger partial charge is 0.306 e. The van der Waals surface area contributed by atoms with Gasteiger partial charge in [-0.1, -0.05) is 179 Å². The maximum Gasteiger partial charge on any atom is 0.306 e. The van der Waals surface area contributed by atoms with Gasteiger partial charge in [0.25, 0.3) is 0 Å². The van der Waals surface area contributed by atoms with E-state index in [9.17, 15) is 14.4 Å². The highest BCUT2D eigenvalue weighted by atomic mass is 16.6. The van der Waals surface area contributed by atoms with E-state index in [1.165, 1.54) is 109 Å². The molecule has 1 atom stereocenters. The van der Waals surface area contributed by atoms with E-state index in [1.807, 2.05) is 0 Å². The Morgan fingerprint density at radius 1 is 0.357 bits per heavy atom. The fraction of sp³-hybridized carbons (Fsp3) is 0.780. The van der Waals surface area contributed by atoms with Crippen LogP contribution in [0.3, 0.4) is 0 Å². The summed E-state index contributed by atoms with van der Waals surface area (Å²) in [4.78, 5) is 37.7. The number of ether oxygens (including phenoxy) is 3. The summed E-state index contributed by atoms with van der Waals surface area (Å²) in [5.41, 5.74) is 0. The Bertz CT molecular complexity index is 996. The van der Waals surface area contributed by atoms with E-state index >= 15 is 0 Å². The number of rotatable bonds is 42. The molecule has 6 nitrogen and oxygen atoms in total. The van der Waals surface area contributed by atoms with Crippen LogP contribution in [0.4, 0.5) is 0 Å². The first kappa shape index (κ1) is 53.4. The molecular weight excluding hydrogens is 697 g/mol. The summed E-state index contributed by atoms with van der Waals surface area (Å²) in [6.45, 7) is 6.53. The number of esters is 3. The summed E-state index contributed by atoms with van der Waals surface area (Å²) in [6.07, 6.45) is 52.3. The first-order chi connectivity index (χ1) is 27.5. The average Bonchev–Trinajstić information content (AvgIpc) is 3.19. The first-order valence-electron chi connectivity index (χ1n) is 23.6. The molecule has 0 rings (SSSR count). The Morgan fingerprint density at radius 3 is 1.09 bits per heavy atom. The van der Waals surface area contributed by atoms with Gasteiger partial charge in [0.15, 0.2) is 6.10 Å². The summed E-state index contributed by atoms with van der Waals surface area (Å²) < 4.78 is 16.7. The minimum absolute atomic E-state index is 0.0870. The third-order valence-corrected chi connectivity index (χ3v) is 10.1. The van der Waals surface area contributed by atoms with Crippen molar-refractivity contribution in [2.75, 3.05) is 13.2 Å². The standard InChI is InChI=1S/C50H88O6/c1-4-7-10-13-16-19-22-24-25-26-29-31-34-37-40-43-49(52)55-46-47(45-54-48(51)42-39-36-33-30-27-21-18-15-12-9-6-3)56-50(53)44-41-38-35-32-28-23-20-17-14-11-8-5-2/h16-17,19-20,24-25,29,31,47H,4-15,18,21-23,26-28,30,32-46H2,1-3H3/b19-16-,20-17-,25-24-,31-29-/t47-/m1/s1. The van der Waals surface area contributed by atoms with Gasteiger partial charge in [0.05, 0.1) is 0 Å². The molecule has 0 heterocycles. The van der Waals surface area contributed by atoms with Crippen molar-refractivity contribution >= 4 is 17.9 Å². The maximum absolute atomic E-state index is 12.7. The molecular formula is C50H88O6. The molecule has 0 N–H and O–H groups in total. The molecule has 0 saturated heterocycles. The molecule has 0 fully saturated rings. The molecule has 0 radical (unpaired) electrons. The van der Waals surface area contributed by atoms with Crippen molar-refractivity contribution in [3.05, 3.63) is 48.6 Å². The van der Waals surface area contributed by atoms with Crippen LogP contribution >= 0.6 is 0 Å². The zero-order valence-corrected chi connectivity index (χ0v) is 36.9. The second kappa shape index (κ2) is 45.1. The van der Waals surface area contributed by atoms with Crippen LogP contribution in [-0.4, -0.2) is 37.2 Å². The molecule has 0 aliphatic rings. The van der Waals surface area contributed by atoms with Gasteiger partial charge in [0, 0.05) is 19.3 Å². The highest BCUT2D eigenvalue weighted by Gasteiger charge is 2.19. The van der Waals surface area contributed by atoms with Gasteiger partial charge in [0.1, 0.15) is 13.2 Å². The summed E-state index contributed by atoms with van der Waals surface area (Å²) in [5, 5.41) is 0. The van der Waals surface area contributed by atoms with Crippen LogP contribution in [-0.2, 0) is 28.6 Å². The van der Waals surface area contributed by atoms with Gasteiger partial charge < -0.3 is 14.2 Å². The molecule has 0 aromatic carbocycles. The van der Waals surface area contributed by atoms with Crippen molar-refractivity contribution in [3.8, 4) is 0 Å². The molecule has 56 heavy (non-hydrogen) atoms. The monoisotopic (exact) mass is 785 g/mol. The minimum Gasteiger partial charge on any atom is -0.462 e. The average molecular weight is 785 g/mol. The summed E-state index contributed by atoms with van der Waals surface area (Å²) in [5.74, 6) is -0.936. The molecule has 0 bridgehead atoms. The predicted octanol–water partition coefficient (Wildman–Crippen LogP) is 15.1. The van der Waals surface area contributed by atoms with Gasteiger partial charge in [-0.15, -0.1) is 0 Å². The molecule has 6 heteroatoms. The Labute approximate surface area is 346 Å². The quantitative estimate of drug-likeness (QED) is 0.0265. The van der Waals surface area contributed by atoms with Crippen LogP contribution in [0.15, 0.2) is 48.6 Å². The second-order valence-corrected chi connectivity index (χ2v) is 15.7. The van der Waals surface area contributed by atoms with Gasteiger partial charge in [-0.25, -0.2) is 0 Å². The Kier molecular flexibility index (Phi) is 43.0. The number of hydrogen-bond donors (Lipinski definition) is 0. The van der Waals surface area contributed by atoms with E-state index in [-0.39, 0.29) is 31.1 Å². The van der Waals surface area contributed by atoms with E-state index in [1.54, 1.807) is 0 Å². The van der Waals surface area contributed by atoms with Crippen molar-refractivity contribution < 1.29 is 28.6 Å². The Hall–Kier alpha value is -2.63. The minimum atomic E-state index is -0.788. The largest absolute Gasteiger partial charge is 0.462 e. The Balaban J connectivity index is 4.44. The third-order valence-electron chi connectivity index (χ3n) is 10.1. The molecule has 0 aromatic rings. The van der Waals surface area contributed by atoms with E-state index in [4.69, 9.17) is 14.2 Å². The van der Waals surface area contributed by atoms with Crippen LogP contribution in [0.2, 0.25) is 0 Å². The topological polar surface area (TPSA) is 78.9 Å². The highest BCUT2D eigenvalue weighted by molar-refractivity contribution is 5.71. The lowest BCUT2D eigenvalue weighted by atomic mass is 10.1. The van der Waals surface area contributed by atoms with E-state index in [0.29, 0.717) is 19.3 Å². The number of carbonyl (C=O) groups is 3. The third kappa shape index (κ3) is 42.5. The van der Waals surface area contributed by atoms with Gasteiger partial charge >= 0.3 is 17.9 Å². The summed E-state index contributed by atoms with van der Waals surface area (Å²) >= 11 is 0. The number of carbonyl (C=O) groups excluding carboxylic acids is 3. The van der Waals surface area contributed by atoms with Crippen LogP contribution in [0.5, 0.6) is 0 Å². The number of unbranched alkanes of at least 4 members (excludes halogenated alkanes) is 23. The van der Waals surface area contributed by atoms with Crippen molar-refractivity contribution in [1.82, 2.24) is 0 Å². The highest BCUT2D eigenvalue weighted by Crippen LogP contribution is 2.14. The zero-order valence-electron chi connectivity index (χ0n) is 36.9. The van der Waals surface area contributed by atoms with Crippen LogP contribution in [0.1, 0.15) is 233 Å². The second-order valence-electron chi connectivity index (χ2n) is 15.7. The van der Waals surface area contributed by atoms with Crippen LogP contribution < -0.4 is 0 Å². The van der Waals surface area contributed by atoms with Crippen LogP contribution in [0.25, 0.3) is 0 Å². The predicted molar refractivity (Wildman–Crippen MR) is 238 cm³/mol. The lowest BCUT2D eigenvalue weighted by Gasteiger charge is -2.18. The number of hydrogen-bond acceptors (Lipinski definition) is 6.